The van der Waals surface area contributed by atoms with Gasteiger partial charge in [-0.15, -0.1) is 0 Å². The summed E-state index contributed by atoms with van der Waals surface area (Å²) in [6.45, 7) is -0.335. The van der Waals surface area contributed by atoms with E-state index < -0.39 is 22.9 Å². The number of piperidine rings is 1. The average Bonchev–Trinajstić information content (AvgIpc) is 2.74. The zero-order valence-electron chi connectivity index (χ0n) is 9.89. The van der Waals surface area contributed by atoms with Crippen LogP contribution in [0, 0.1) is 5.92 Å². The van der Waals surface area contributed by atoms with Crippen molar-refractivity contribution in [3.63, 3.8) is 0 Å². The molecule has 0 saturated carbocycles. The number of rotatable bonds is 2. The number of halogens is 3. The first-order valence-corrected chi connectivity index (χ1v) is 6.61. The molecule has 0 aliphatic carbocycles. The molecule has 1 aromatic rings. The van der Waals surface area contributed by atoms with Crippen molar-refractivity contribution in [2.75, 3.05) is 13.1 Å². The highest BCUT2D eigenvalue weighted by molar-refractivity contribution is 7.06. The molecule has 1 aliphatic heterocycles. The molecule has 0 radical (unpaired) electrons. The summed E-state index contributed by atoms with van der Waals surface area (Å²) in [5.41, 5.74) is 1.30. The fourth-order valence-corrected chi connectivity index (χ4v) is 2.52. The molecule has 1 aromatic heterocycles. The smallest absolute Gasteiger partial charge is 0.340 e. The summed E-state index contributed by atoms with van der Waals surface area (Å²) in [4.78, 5) is 23.9. The quantitative estimate of drug-likeness (QED) is 0.821. The van der Waals surface area contributed by atoms with Gasteiger partial charge in [-0.2, -0.15) is 18.3 Å². The summed E-state index contributed by atoms with van der Waals surface area (Å²) >= 11 is 0.843. The lowest BCUT2D eigenvalue weighted by molar-refractivity contribution is -0.188. The van der Waals surface area contributed by atoms with Crippen LogP contribution in [0.5, 0.6) is 0 Å². The lowest BCUT2D eigenvalue weighted by Crippen LogP contribution is -2.46. The van der Waals surface area contributed by atoms with Gasteiger partial charge in [-0.1, -0.05) is 11.3 Å². The molecule has 19 heavy (non-hydrogen) atoms. The Morgan fingerprint density at radius 3 is 2.84 bits per heavy atom. The van der Waals surface area contributed by atoms with Crippen LogP contribution in [0.15, 0.2) is 10.3 Å². The maximum absolute atomic E-state index is 12.6. The van der Waals surface area contributed by atoms with E-state index in [0.29, 0.717) is 13.0 Å². The van der Waals surface area contributed by atoms with Crippen LogP contribution in [-0.2, 0) is 11.3 Å². The van der Waals surface area contributed by atoms with Crippen LogP contribution in [0.3, 0.4) is 0 Å². The van der Waals surface area contributed by atoms with Crippen LogP contribution in [0.25, 0.3) is 0 Å². The maximum atomic E-state index is 12.6. The molecule has 1 amide bonds. The molecule has 2 heterocycles. The van der Waals surface area contributed by atoms with Gasteiger partial charge in [-0.05, 0) is 12.8 Å². The number of carbonyl (C=O) groups is 1. The Hall–Kier alpha value is -1.38. The number of amides is 1. The zero-order valence-corrected chi connectivity index (χ0v) is 10.7. The third-order valence-corrected chi connectivity index (χ3v) is 3.68. The van der Waals surface area contributed by atoms with E-state index in [0.717, 1.165) is 20.9 Å². The zero-order chi connectivity index (χ0) is 14.0. The van der Waals surface area contributed by atoms with E-state index >= 15 is 0 Å². The van der Waals surface area contributed by atoms with Gasteiger partial charge < -0.3 is 4.90 Å². The van der Waals surface area contributed by atoms with Gasteiger partial charge in [0, 0.05) is 13.1 Å². The molecule has 2 rings (SSSR count). The third-order valence-electron chi connectivity index (χ3n) is 3.07. The second-order valence-corrected chi connectivity index (χ2v) is 5.18. The van der Waals surface area contributed by atoms with Crippen LogP contribution in [0.2, 0.25) is 0 Å². The van der Waals surface area contributed by atoms with Crippen molar-refractivity contribution in [1.82, 2.24) is 14.7 Å². The molecule has 0 bridgehead atoms. The molecule has 1 aliphatic rings. The van der Waals surface area contributed by atoms with Crippen molar-refractivity contribution >= 4 is 17.2 Å². The Bertz CT molecular complexity index is 511. The Balaban J connectivity index is 2.00. The van der Waals surface area contributed by atoms with Crippen LogP contribution >= 0.6 is 11.3 Å². The molecular weight excluding hydrogens is 283 g/mol. The van der Waals surface area contributed by atoms with Gasteiger partial charge in [0.25, 0.3) is 0 Å². The fraction of sp³-hybridized carbons (Fsp3) is 0.700. The van der Waals surface area contributed by atoms with Crippen molar-refractivity contribution in [1.29, 1.82) is 0 Å². The Morgan fingerprint density at radius 1 is 1.53 bits per heavy atom. The molecule has 1 unspecified atom stereocenters. The van der Waals surface area contributed by atoms with Crippen molar-refractivity contribution in [3.8, 4) is 0 Å². The predicted octanol–water partition coefficient (Wildman–Crippen LogP) is 1.11. The maximum Gasteiger partial charge on any atom is 0.393 e. The minimum Gasteiger partial charge on any atom is -0.340 e. The van der Waals surface area contributed by atoms with Gasteiger partial charge in [0.15, 0.2) is 0 Å². The summed E-state index contributed by atoms with van der Waals surface area (Å²) in [5, 5.41) is 3.67. The number of aromatic nitrogens is 2. The molecule has 0 aromatic carbocycles. The van der Waals surface area contributed by atoms with Gasteiger partial charge in [0.2, 0.25) is 5.91 Å². The van der Waals surface area contributed by atoms with E-state index in [4.69, 9.17) is 0 Å². The van der Waals surface area contributed by atoms with Crippen LogP contribution in [-0.4, -0.2) is 39.9 Å². The summed E-state index contributed by atoms with van der Waals surface area (Å²) in [5.74, 6) is -1.97. The van der Waals surface area contributed by atoms with Gasteiger partial charge in [-0.25, -0.2) is 4.68 Å². The van der Waals surface area contributed by atoms with Gasteiger partial charge in [0.1, 0.15) is 12.1 Å². The molecule has 5 nitrogen and oxygen atoms in total. The molecule has 1 atom stereocenters. The van der Waals surface area contributed by atoms with Crippen molar-refractivity contribution in [2.45, 2.75) is 25.6 Å². The Morgan fingerprint density at radius 2 is 2.26 bits per heavy atom. The van der Waals surface area contributed by atoms with Crippen molar-refractivity contribution in [2.24, 2.45) is 5.92 Å². The third kappa shape index (κ3) is 3.34. The number of nitrogens with zero attached hydrogens (tertiary/aromatic N) is 3. The summed E-state index contributed by atoms with van der Waals surface area (Å²) < 4.78 is 38.8. The van der Waals surface area contributed by atoms with E-state index in [2.05, 4.69) is 5.10 Å². The van der Waals surface area contributed by atoms with E-state index in [-0.39, 0.29) is 19.5 Å². The molecule has 106 valence electrons. The number of hydrogen-bond donors (Lipinski definition) is 0. The second kappa shape index (κ2) is 5.32. The van der Waals surface area contributed by atoms with Crippen LogP contribution < -0.4 is 4.87 Å². The molecule has 9 heteroatoms. The Kier molecular flexibility index (Phi) is 3.93. The molecule has 0 spiro atoms. The molecule has 0 N–H and O–H groups in total. The highest BCUT2D eigenvalue weighted by Gasteiger charge is 2.42. The van der Waals surface area contributed by atoms with E-state index in [9.17, 15) is 22.8 Å². The topological polar surface area (TPSA) is 55.2 Å². The first-order valence-electron chi connectivity index (χ1n) is 5.73. The largest absolute Gasteiger partial charge is 0.393 e. The number of carbonyl (C=O) groups excluding carboxylic acids is 1. The lowest BCUT2D eigenvalue weighted by atomic mass is 9.97. The molecular formula is C10H12F3N3O2S. The van der Waals surface area contributed by atoms with Gasteiger partial charge in [0.05, 0.1) is 5.92 Å². The number of hydrogen-bond acceptors (Lipinski definition) is 4. The monoisotopic (exact) mass is 295 g/mol. The van der Waals surface area contributed by atoms with Crippen LogP contribution in [0.1, 0.15) is 12.8 Å². The normalized spacial score (nSPS) is 20.6. The summed E-state index contributed by atoms with van der Waals surface area (Å²) in [7, 11) is 0. The minimum atomic E-state index is -4.28. The van der Waals surface area contributed by atoms with E-state index in [1.54, 1.807) is 0 Å². The highest BCUT2D eigenvalue weighted by Crippen LogP contribution is 2.33. The highest BCUT2D eigenvalue weighted by atomic mass is 32.1. The fourth-order valence-electron chi connectivity index (χ4n) is 2.04. The summed E-state index contributed by atoms with van der Waals surface area (Å²) in [6.07, 6.45) is -3.91. The van der Waals surface area contributed by atoms with Crippen molar-refractivity contribution in [3.05, 3.63) is 15.2 Å². The number of likely N-dealkylation sites (tertiary alicyclic amines) is 1. The first kappa shape index (κ1) is 14.0. The molecule has 1 fully saturated rings. The second-order valence-electron chi connectivity index (χ2n) is 4.38. The summed E-state index contributed by atoms with van der Waals surface area (Å²) in [6, 6.07) is 0. The van der Waals surface area contributed by atoms with Gasteiger partial charge in [-0.3, -0.25) is 9.59 Å². The SMILES string of the molecule is O=C(Cn1ncsc1=O)N1CCCC(C(F)(F)F)C1. The minimum absolute atomic E-state index is 0.0456. The van der Waals surface area contributed by atoms with Gasteiger partial charge >= 0.3 is 11.0 Å². The van der Waals surface area contributed by atoms with Crippen molar-refractivity contribution < 1.29 is 18.0 Å². The number of alkyl halides is 3. The Labute approximate surface area is 110 Å². The van der Waals surface area contributed by atoms with E-state index in [1.165, 1.54) is 5.51 Å². The molecule has 1 saturated heterocycles. The van der Waals surface area contributed by atoms with E-state index in [1.807, 2.05) is 0 Å². The predicted molar refractivity (Wildman–Crippen MR) is 61.7 cm³/mol. The first-order chi connectivity index (χ1) is 8.88. The lowest BCUT2D eigenvalue weighted by Gasteiger charge is -2.33. The average molecular weight is 295 g/mol. The standard InChI is InChI=1S/C10H12F3N3O2S/c11-10(12,13)7-2-1-3-15(4-7)8(17)5-16-9(18)19-6-14-16/h6-7H,1-5H2. The van der Waals surface area contributed by atoms with Crippen LogP contribution in [0.4, 0.5) is 13.2 Å².